The average Bonchev–Trinajstić information content (AvgIpc) is 2.38. The zero-order valence-electron chi connectivity index (χ0n) is 11.6. The van der Waals surface area contributed by atoms with E-state index < -0.39 is 0 Å². The van der Waals surface area contributed by atoms with Crippen LogP contribution < -0.4 is 0 Å². The Bertz CT molecular complexity index is 408. The maximum absolute atomic E-state index is 12.4. The molecule has 0 unspecified atom stereocenters. The molecule has 0 saturated carbocycles. The van der Waals surface area contributed by atoms with Crippen molar-refractivity contribution in [2.75, 3.05) is 13.1 Å². The van der Waals surface area contributed by atoms with Gasteiger partial charge in [-0.15, -0.1) is 0 Å². The highest BCUT2D eigenvalue weighted by molar-refractivity contribution is 5.94. The molecule has 98 valence electrons. The number of hydrogen-bond acceptors (Lipinski definition) is 1. The van der Waals surface area contributed by atoms with E-state index in [1.165, 1.54) is 12.0 Å². The normalized spacial score (nSPS) is 20.2. The minimum absolute atomic E-state index is 0.192. The van der Waals surface area contributed by atoms with Crippen molar-refractivity contribution in [3.05, 3.63) is 35.4 Å². The van der Waals surface area contributed by atoms with Gasteiger partial charge in [0.2, 0.25) is 0 Å². The van der Waals surface area contributed by atoms with Gasteiger partial charge in [0.15, 0.2) is 0 Å². The molecule has 0 aliphatic carbocycles. The Kier molecular flexibility index (Phi) is 4.05. The maximum Gasteiger partial charge on any atom is 0.253 e. The van der Waals surface area contributed by atoms with E-state index in [0.29, 0.717) is 11.8 Å². The molecule has 18 heavy (non-hydrogen) atoms. The van der Waals surface area contributed by atoms with Crippen molar-refractivity contribution in [2.45, 2.75) is 39.5 Å². The standard InChI is InChI=1S/C16H23NO/c1-12(2)14-6-8-15(9-7-14)16(18)17-10-4-5-13(3)11-17/h6-9,12-13H,4-5,10-11H2,1-3H3/t13-/m0/s1. The quantitative estimate of drug-likeness (QED) is 0.778. The molecule has 0 radical (unpaired) electrons. The summed E-state index contributed by atoms with van der Waals surface area (Å²) in [6.07, 6.45) is 2.38. The van der Waals surface area contributed by atoms with Crippen molar-refractivity contribution in [1.82, 2.24) is 4.90 Å². The summed E-state index contributed by atoms with van der Waals surface area (Å²) in [4.78, 5) is 14.4. The monoisotopic (exact) mass is 245 g/mol. The molecule has 1 atom stereocenters. The second-order valence-corrected chi connectivity index (χ2v) is 5.78. The summed E-state index contributed by atoms with van der Waals surface area (Å²) in [6.45, 7) is 8.38. The van der Waals surface area contributed by atoms with Gasteiger partial charge < -0.3 is 4.90 Å². The maximum atomic E-state index is 12.4. The minimum atomic E-state index is 0.192. The third kappa shape index (κ3) is 2.92. The number of likely N-dealkylation sites (tertiary alicyclic amines) is 1. The summed E-state index contributed by atoms with van der Waals surface area (Å²) >= 11 is 0. The predicted molar refractivity (Wildman–Crippen MR) is 74.8 cm³/mol. The lowest BCUT2D eigenvalue weighted by atomic mass is 9.98. The van der Waals surface area contributed by atoms with E-state index in [-0.39, 0.29) is 5.91 Å². The summed E-state index contributed by atoms with van der Waals surface area (Å²) in [5.74, 6) is 1.35. The molecular weight excluding hydrogens is 222 g/mol. The Hall–Kier alpha value is -1.31. The van der Waals surface area contributed by atoms with E-state index in [2.05, 4.69) is 32.9 Å². The van der Waals surface area contributed by atoms with Crippen LogP contribution in [0.4, 0.5) is 0 Å². The Labute approximate surface area is 110 Å². The van der Waals surface area contributed by atoms with Crippen LogP contribution in [0.2, 0.25) is 0 Å². The summed E-state index contributed by atoms with van der Waals surface area (Å²) in [5, 5.41) is 0. The van der Waals surface area contributed by atoms with Crippen LogP contribution in [0.15, 0.2) is 24.3 Å². The van der Waals surface area contributed by atoms with Crippen molar-refractivity contribution in [3.8, 4) is 0 Å². The van der Waals surface area contributed by atoms with Crippen LogP contribution in [-0.2, 0) is 0 Å². The van der Waals surface area contributed by atoms with Crippen molar-refractivity contribution < 1.29 is 4.79 Å². The van der Waals surface area contributed by atoms with Crippen molar-refractivity contribution >= 4 is 5.91 Å². The van der Waals surface area contributed by atoms with Crippen molar-refractivity contribution in [2.24, 2.45) is 5.92 Å². The van der Waals surface area contributed by atoms with Gasteiger partial charge in [-0.2, -0.15) is 0 Å². The van der Waals surface area contributed by atoms with Crippen LogP contribution in [-0.4, -0.2) is 23.9 Å². The van der Waals surface area contributed by atoms with E-state index in [9.17, 15) is 4.79 Å². The number of nitrogens with zero attached hydrogens (tertiary/aromatic N) is 1. The molecule has 1 aliphatic rings. The van der Waals surface area contributed by atoms with Gasteiger partial charge in [-0.25, -0.2) is 0 Å². The Morgan fingerprint density at radius 2 is 1.94 bits per heavy atom. The molecule has 0 bridgehead atoms. The predicted octanol–water partition coefficient (Wildman–Crippen LogP) is 3.68. The zero-order chi connectivity index (χ0) is 13.1. The summed E-state index contributed by atoms with van der Waals surface area (Å²) in [5.41, 5.74) is 2.12. The first-order chi connectivity index (χ1) is 8.58. The molecule has 1 amide bonds. The number of amides is 1. The van der Waals surface area contributed by atoms with Gasteiger partial charge >= 0.3 is 0 Å². The highest BCUT2D eigenvalue weighted by Crippen LogP contribution is 2.19. The van der Waals surface area contributed by atoms with Crippen LogP contribution >= 0.6 is 0 Å². The summed E-state index contributed by atoms with van der Waals surface area (Å²) in [6, 6.07) is 8.09. The molecule has 1 aromatic carbocycles. The smallest absolute Gasteiger partial charge is 0.253 e. The second kappa shape index (κ2) is 5.55. The third-order valence-corrected chi connectivity index (χ3v) is 3.77. The summed E-state index contributed by atoms with van der Waals surface area (Å²) < 4.78 is 0. The number of rotatable bonds is 2. The zero-order valence-corrected chi connectivity index (χ0v) is 11.6. The molecule has 1 aromatic rings. The number of benzene rings is 1. The molecule has 2 rings (SSSR count). The first kappa shape index (κ1) is 13.1. The molecule has 2 nitrogen and oxygen atoms in total. The van der Waals surface area contributed by atoms with Crippen LogP contribution in [0.1, 0.15) is 55.5 Å². The Morgan fingerprint density at radius 1 is 1.28 bits per heavy atom. The van der Waals surface area contributed by atoms with E-state index in [0.717, 1.165) is 25.1 Å². The third-order valence-electron chi connectivity index (χ3n) is 3.77. The highest BCUT2D eigenvalue weighted by Gasteiger charge is 2.21. The molecule has 0 spiro atoms. The van der Waals surface area contributed by atoms with Gasteiger partial charge in [-0.05, 0) is 42.4 Å². The van der Waals surface area contributed by atoms with Crippen molar-refractivity contribution in [3.63, 3.8) is 0 Å². The average molecular weight is 245 g/mol. The molecule has 1 saturated heterocycles. The lowest BCUT2D eigenvalue weighted by molar-refractivity contribution is 0.0683. The Balaban J connectivity index is 2.08. The largest absolute Gasteiger partial charge is 0.338 e. The van der Waals surface area contributed by atoms with E-state index in [4.69, 9.17) is 0 Å². The molecule has 1 aliphatic heterocycles. The lowest BCUT2D eigenvalue weighted by Gasteiger charge is -2.31. The van der Waals surface area contributed by atoms with Gasteiger partial charge in [0.05, 0.1) is 0 Å². The number of carbonyl (C=O) groups excluding carboxylic acids is 1. The van der Waals surface area contributed by atoms with E-state index in [1.807, 2.05) is 17.0 Å². The fraction of sp³-hybridized carbons (Fsp3) is 0.562. The van der Waals surface area contributed by atoms with E-state index >= 15 is 0 Å². The Morgan fingerprint density at radius 3 is 2.50 bits per heavy atom. The molecule has 1 fully saturated rings. The van der Waals surface area contributed by atoms with Crippen LogP contribution in [0, 0.1) is 5.92 Å². The molecule has 0 N–H and O–H groups in total. The van der Waals surface area contributed by atoms with Crippen molar-refractivity contribution in [1.29, 1.82) is 0 Å². The van der Waals surface area contributed by atoms with Gasteiger partial charge in [-0.3, -0.25) is 4.79 Å². The number of hydrogen-bond donors (Lipinski definition) is 0. The first-order valence-corrected chi connectivity index (χ1v) is 6.97. The first-order valence-electron chi connectivity index (χ1n) is 6.97. The van der Waals surface area contributed by atoms with E-state index in [1.54, 1.807) is 0 Å². The van der Waals surface area contributed by atoms with Gasteiger partial charge in [0.25, 0.3) is 5.91 Å². The van der Waals surface area contributed by atoms with Gasteiger partial charge in [-0.1, -0.05) is 32.9 Å². The van der Waals surface area contributed by atoms with Crippen LogP contribution in [0.25, 0.3) is 0 Å². The second-order valence-electron chi connectivity index (χ2n) is 5.78. The summed E-state index contributed by atoms with van der Waals surface area (Å²) in [7, 11) is 0. The molecular formula is C16H23NO. The van der Waals surface area contributed by atoms with Gasteiger partial charge in [0.1, 0.15) is 0 Å². The number of carbonyl (C=O) groups is 1. The van der Waals surface area contributed by atoms with Crippen LogP contribution in [0.5, 0.6) is 0 Å². The molecule has 2 heteroatoms. The SMILES string of the molecule is CC(C)c1ccc(C(=O)N2CCC[C@H](C)C2)cc1. The highest BCUT2D eigenvalue weighted by atomic mass is 16.2. The van der Waals surface area contributed by atoms with Crippen LogP contribution in [0.3, 0.4) is 0 Å². The fourth-order valence-electron chi connectivity index (χ4n) is 2.57. The van der Waals surface area contributed by atoms with Gasteiger partial charge in [0, 0.05) is 18.7 Å². The molecule has 0 aromatic heterocycles. The fourth-order valence-corrected chi connectivity index (χ4v) is 2.57. The topological polar surface area (TPSA) is 20.3 Å². The minimum Gasteiger partial charge on any atom is -0.338 e. The lowest BCUT2D eigenvalue weighted by Crippen LogP contribution is -2.39. The number of piperidine rings is 1. The molecule has 1 heterocycles.